The molecule has 0 fully saturated rings. The van der Waals surface area contributed by atoms with Gasteiger partial charge in [0, 0.05) is 6.42 Å². The van der Waals surface area contributed by atoms with Crippen molar-refractivity contribution in [3.63, 3.8) is 0 Å². The van der Waals surface area contributed by atoms with E-state index in [4.69, 9.17) is 0 Å². The number of esters is 1. The molecule has 0 aliphatic heterocycles. The minimum absolute atomic E-state index is 0.0872. The zero-order valence-corrected chi connectivity index (χ0v) is 12.4. The van der Waals surface area contributed by atoms with Gasteiger partial charge < -0.3 is 4.74 Å². The highest BCUT2D eigenvalue weighted by Crippen LogP contribution is 2.13. The number of benzene rings is 1. The molecular weight excluding hydrogens is 280 g/mol. The van der Waals surface area contributed by atoms with E-state index in [0.717, 1.165) is 5.56 Å². The van der Waals surface area contributed by atoms with Crippen LogP contribution in [0.15, 0.2) is 29.2 Å². The fraction of sp³-hybridized carbons (Fsp3) is 0.429. The Morgan fingerprint density at radius 2 is 1.70 bits per heavy atom. The molecular formula is C14H18O5S. The summed E-state index contributed by atoms with van der Waals surface area (Å²) in [4.78, 5) is 22.8. The summed E-state index contributed by atoms with van der Waals surface area (Å²) >= 11 is 0. The van der Waals surface area contributed by atoms with Crippen molar-refractivity contribution < 1.29 is 22.7 Å². The molecule has 0 bridgehead atoms. The predicted octanol–water partition coefficient (Wildman–Crippen LogP) is 1.68. The van der Waals surface area contributed by atoms with E-state index in [1.807, 2.05) is 6.92 Å². The van der Waals surface area contributed by atoms with Crippen LogP contribution < -0.4 is 0 Å². The van der Waals surface area contributed by atoms with Crippen molar-refractivity contribution in [2.75, 3.05) is 12.4 Å². The Bertz CT molecular complexity index is 572. The van der Waals surface area contributed by atoms with Crippen LogP contribution in [0.5, 0.6) is 0 Å². The Labute approximate surface area is 118 Å². The minimum Gasteiger partial charge on any atom is -0.466 e. The molecule has 0 spiro atoms. The summed E-state index contributed by atoms with van der Waals surface area (Å²) < 4.78 is 28.7. The van der Waals surface area contributed by atoms with Crippen LogP contribution in [0.2, 0.25) is 0 Å². The lowest BCUT2D eigenvalue weighted by atomic mass is 10.2. The summed E-state index contributed by atoms with van der Waals surface area (Å²) in [5.41, 5.74) is 0.942. The van der Waals surface area contributed by atoms with Crippen molar-refractivity contribution in [1.29, 1.82) is 0 Å². The maximum absolute atomic E-state index is 12.0. The Morgan fingerprint density at radius 1 is 1.10 bits per heavy atom. The number of sulfone groups is 1. The third-order valence-electron chi connectivity index (χ3n) is 2.64. The molecule has 110 valence electrons. The molecule has 1 rings (SSSR count). The Morgan fingerprint density at radius 3 is 2.25 bits per heavy atom. The van der Waals surface area contributed by atoms with Crippen molar-refractivity contribution in [3.05, 3.63) is 29.8 Å². The number of Topliss-reactive ketones (excluding diaryl/α,β-unsaturated/α-hetero) is 1. The maximum atomic E-state index is 12.0. The fourth-order valence-electron chi connectivity index (χ4n) is 1.59. The number of ketones is 1. The van der Waals surface area contributed by atoms with Gasteiger partial charge in [-0.25, -0.2) is 8.42 Å². The molecule has 0 N–H and O–H groups in total. The minimum atomic E-state index is -3.64. The molecule has 0 saturated carbocycles. The highest BCUT2D eigenvalue weighted by atomic mass is 32.2. The van der Waals surface area contributed by atoms with Gasteiger partial charge >= 0.3 is 5.97 Å². The van der Waals surface area contributed by atoms with Gasteiger partial charge in [-0.1, -0.05) is 17.7 Å². The van der Waals surface area contributed by atoms with Crippen LogP contribution in [-0.4, -0.2) is 32.5 Å². The van der Waals surface area contributed by atoms with Crippen LogP contribution in [-0.2, 0) is 24.2 Å². The normalized spacial score (nSPS) is 11.1. The summed E-state index contributed by atoms with van der Waals surface area (Å²) in [6.45, 7) is 3.76. The number of rotatable bonds is 7. The third-order valence-corrected chi connectivity index (χ3v) is 4.34. The van der Waals surface area contributed by atoms with Crippen molar-refractivity contribution >= 4 is 21.6 Å². The molecule has 1 aromatic rings. The first-order chi connectivity index (χ1) is 9.35. The highest BCUT2D eigenvalue weighted by molar-refractivity contribution is 7.92. The lowest BCUT2D eigenvalue weighted by molar-refractivity contribution is -0.144. The summed E-state index contributed by atoms with van der Waals surface area (Å²) in [5.74, 6) is -1.57. The molecule has 0 aliphatic rings. The first kappa shape index (κ1) is 16.4. The van der Waals surface area contributed by atoms with Gasteiger partial charge in [0.25, 0.3) is 0 Å². The molecule has 0 radical (unpaired) electrons. The van der Waals surface area contributed by atoms with E-state index in [2.05, 4.69) is 4.74 Å². The molecule has 0 aliphatic carbocycles. The van der Waals surface area contributed by atoms with Crippen molar-refractivity contribution in [3.8, 4) is 0 Å². The largest absolute Gasteiger partial charge is 0.466 e. The molecule has 0 heterocycles. The molecule has 1 aromatic carbocycles. The quantitative estimate of drug-likeness (QED) is 0.716. The second-order valence-electron chi connectivity index (χ2n) is 4.42. The Kier molecular flexibility index (Phi) is 5.88. The maximum Gasteiger partial charge on any atom is 0.306 e. The first-order valence-electron chi connectivity index (χ1n) is 6.32. The smallest absolute Gasteiger partial charge is 0.306 e. The second-order valence-corrected chi connectivity index (χ2v) is 6.41. The highest BCUT2D eigenvalue weighted by Gasteiger charge is 2.19. The first-order valence-corrected chi connectivity index (χ1v) is 7.97. The number of hydrogen-bond donors (Lipinski definition) is 0. The van der Waals surface area contributed by atoms with E-state index in [1.165, 1.54) is 12.1 Å². The lowest BCUT2D eigenvalue weighted by Gasteiger charge is -2.04. The van der Waals surface area contributed by atoms with Crippen molar-refractivity contribution in [2.45, 2.75) is 31.6 Å². The van der Waals surface area contributed by atoms with Gasteiger partial charge in [0.1, 0.15) is 11.5 Å². The zero-order chi connectivity index (χ0) is 15.2. The van der Waals surface area contributed by atoms with Gasteiger partial charge in [0.15, 0.2) is 9.84 Å². The van der Waals surface area contributed by atoms with E-state index < -0.39 is 27.3 Å². The molecule has 0 saturated heterocycles. The summed E-state index contributed by atoms with van der Waals surface area (Å²) in [6.07, 6.45) is -0.208. The fourth-order valence-corrected chi connectivity index (χ4v) is 2.87. The number of hydrogen-bond acceptors (Lipinski definition) is 5. The predicted molar refractivity (Wildman–Crippen MR) is 74.1 cm³/mol. The van der Waals surface area contributed by atoms with Crippen LogP contribution in [0.3, 0.4) is 0 Å². The van der Waals surface area contributed by atoms with Crippen LogP contribution in [0.25, 0.3) is 0 Å². The molecule has 6 heteroatoms. The molecule has 0 aromatic heterocycles. The molecule has 20 heavy (non-hydrogen) atoms. The van der Waals surface area contributed by atoms with Crippen LogP contribution in [0, 0.1) is 6.92 Å². The molecule has 0 atom stereocenters. The van der Waals surface area contributed by atoms with Gasteiger partial charge in [0.2, 0.25) is 0 Å². The number of aryl methyl sites for hydroxylation is 1. The second kappa shape index (κ2) is 7.19. The van der Waals surface area contributed by atoms with Gasteiger partial charge in [-0.15, -0.1) is 0 Å². The van der Waals surface area contributed by atoms with Crippen molar-refractivity contribution in [2.24, 2.45) is 0 Å². The third kappa shape index (κ3) is 5.13. The Balaban J connectivity index is 2.60. The number of ether oxygens (including phenoxy) is 1. The van der Waals surface area contributed by atoms with Crippen molar-refractivity contribution in [1.82, 2.24) is 0 Å². The average molecular weight is 298 g/mol. The van der Waals surface area contributed by atoms with Gasteiger partial charge in [-0.2, -0.15) is 0 Å². The molecule has 0 unspecified atom stereocenters. The summed E-state index contributed by atoms with van der Waals surface area (Å²) in [6, 6.07) is 6.30. The van der Waals surface area contributed by atoms with Gasteiger partial charge in [-0.3, -0.25) is 9.59 Å². The number of carbonyl (C=O) groups excluding carboxylic acids is 2. The van der Waals surface area contributed by atoms with E-state index in [1.54, 1.807) is 19.1 Å². The standard InChI is InChI=1S/C14H18O5S/c1-3-19-14(16)9-6-12(15)10-20(17,18)13-7-4-11(2)5-8-13/h4-5,7-8H,3,6,9-10H2,1-2H3. The van der Waals surface area contributed by atoms with E-state index in [-0.39, 0.29) is 24.3 Å². The Hall–Kier alpha value is -1.69. The summed E-state index contributed by atoms with van der Waals surface area (Å²) in [7, 11) is -3.64. The van der Waals surface area contributed by atoms with Crippen LogP contribution in [0.4, 0.5) is 0 Å². The molecule has 5 nitrogen and oxygen atoms in total. The van der Waals surface area contributed by atoms with Crippen LogP contribution in [0.1, 0.15) is 25.3 Å². The topological polar surface area (TPSA) is 77.5 Å². The summed E-state index contributed by atoms with van der Waals surface area (Å²) in [5, 5.41) is 0. The zero-order valence-electron chi connectivity index (χ0n) is 11.6. The van der Waals surface area contributed by atoms with E-state index in [0.29, 0.717) is 0 Å². The van der Waals surface area contributed by atoms with E-state index >= 15 is 0 Å². The number of carbonyl (C=O) groups is 2. The monoisotopic (exact) mass is 298 g/mol. The SMILES string of the molecule is CCOC(=O)CCC(=O)CS(=O)(=O)c1ccc(C)cc1. The van der Waals surface area contributed by atoms with Gasteiger partial charge in [0.05, 0.1) is 17.9 Å². The van der Waals surface area contributed by atoms with Crippen LogP contribution >= 0.6 is 0 Å². The lowest BCUT2D eigenvalue weighted by Crippen LogP contribution is -2.17. The van der Waals surface area contributed by atoms with E-state index in [9.17, 15) is 18.0 Å². The van der Waals surface area contributed by atoms with Gasteiger partial charge in [-0.05, 0) is 26.0 Å². The molecule has 0 amide bonds. The average Bonchev–Trinajstić information content (AvgIpc) is 2.37.